The van der Waals surface area contributed by atoms with Gasteiger partial charge in [0.25, 0.3) is 0 Å². The second-order valence-corrected chi connectivity index (χ2v) is 8.31. The van der Waals surface area contributed by atoms with Crippen LogP contribution in [0.1, 0.15) is 53.9 Å². The van der Waals surface area contributed by atoms with Crippen LogP contribution in [-0.2, 0) is 14.6 Å². The molecule has 1 aliphatic rings. The van der Waals surface area contributed by atoms with Crippen LogP contribution in [0.15, 0.2) is 21.5 Å². The number of sulfone groups is 1. The van der Waals surface area contributed by atoms with Crippen molar-refractivity contribution >= 4 is 31.7 Å². The highest BCUT2D eigenvalue weighted by Crippen LogP contribution is 2.38. The lowest BCUT2D eigenvalue weighted by atomic mass is 9.84. The molecule has 0 radical (unpaired) electrons. The molecule has 0 unspecified atom stereocenters. The number of rotatable bonds is 3. The van der Waals surface area contributed by atoms with Crippen LogP contribution in [0.5, 0.6) is 0 Å². The molecular weight excluding hydrogens is 356 g/mol. The average molecular weight is 375 g/mol. The fourth-order valence-electron chi connectivity index (χ4n) is 2.89. The van der Waals surface area contributed by atoms with E-state index in [-0.39, 0.29) is 16.4 Å². The number of hydrogen-bond acceptors (Lipinski definition) is 4. The first kappa shape index (κ1) is 16.5. The lowest BCUT2D eigenvalue weighted by Crippen LogP contribution is -2.13. The molecule has 0 atom stereocenters. The van der Waals surface area contributed by atoms with Crippen LogP contribution in [0.4, 0.5) is 0 Å². The molecule has 1 aliphatic carbocycles. The predicted molar refractivity (Wildman–Crippen MR) is 84.4 cm³/mol. The zero-order valence-corrected chi connectivity index (χ0v) is 14.6. The van der Waals surface area contributed by atoms with Crippen LogP contribution in [0, 0.1) is 0 Å². The Morgan fingerprint density at radius 1 is 1.24 bits per heavy atom. The topological polar surface area (TPSA) is 60.4 Å². The van der Waals surface area contributed by atoms with E-state index in [1.165, 1.54) is 25.9 Å². The summed E-state index contributed by atoms with van der Waals surface area (Å²) in [6.45, 7) is 0. The van der Waals surface area contributed by atoms with Gasteiger partial charge in [-0.15, -0.1) is 0 Å². The summed E-state index contributed by atoms with van der Waals surface area (Å²) in [4.78, 5) is 12.0. The van der Waals surface area contributed by atoms with Gasteiger partial charge in [-0.3, -0.25) is 0 Å². The molecule has 0 saturated heterocycles. The molecule has 0 bridgehead atoms. The Hall–Kier alpha value is -0.880. The normalized spacial score (nSPS) is 16.7. The Bertz CT molecular complexity index is 646. The van der Waals surface area contributed by atoms with Gasteiger partial charge in [-0.05, 0) is 52.4 Å². The standard InChI is InChI=1S/C15H19BrO4S/c1-20-15(17)12-9-14(21(2,18)19)11(8-13(12)16)10-6-4-3-5-7-10/h8-10H,3-7H2,1-2H3. The Kier molecular flexibility index (Phi) is 5.09. The molecule has 0 N–H and O–H groups in total. The maximum absolute atomic E-state index is 12.1. The first-order valence-electron chi connectivity index (χ1n) is 6.96. The van der Waals surface area contributed by atoms with E-state index in [1.807, 2.05) is 0 Å². The Morgan fingerprint density at radius 3 is 2.38 bits per heavy atom. The van der Waals surface area contributed by atoms with Crippen LogP contribution in [0.3, 0.4) is 0 Å². The first-order valence-corrected chi connectivity index (χ1v) is 9.65. The molecule has 1 aromatic carbocycles. The van der Waals surface area contributed by atoms with Crippen LogP contribution in [0.25, 0.3) is 0 Å². The van der Waals surface area contributed by atoms with Gasteiger partial charge in [-0.2, -0.15) is 0 Å². The molecule has 116 valence electrons. The fraction of sp³-hybridized carbons (Fsp3) is 0.533. The Morgan fingerprint density at radius 2 is 1.86 bits per heavy atom. The molecular formula is C15H19BrO4S. The quantitative estimate of drug-likeness (QED) is 0.756. The SMILES string of the molecule is COC(=O)c1cc(S(C)(=O)=O)c(C2CCCCC2)cc1Br. The van der Waals surface area contributed by atoms with Crippen LogP contribution in [0.2, 0.25) is 0 Å². The van der Waals surface area contributed by atoms with E-state index in [0.29, 0.717) is 4.47 Å². The summed E-state index contributed by atoms with van der Waals surface area (Å²) in [5.41, 5.74) is 1.06. The fourth-order valence-corrected chi connectivity index (χ4v) is 4.40. The first-order chi connectivity index (χ1) is 9.84. The van der Waals surface area contributed by atoms with E-state index in [4.69, 9.17) is 4.74 Å². The second kappa shape index (κ2) is 6.48. The molecule has 0 spiro atoms. The largest absolute Gasteiger partial charge is 0.465 e. The second-order valence-electron chi connectivity index (χ2n) is 5.47. The summed E-state index contributed by atoms with van der Waals surface area (Å²) in [7, 11) is -2.11. The molecule has 0 heterocycles. The third kappa shape index (κ3) is 3.66. The third-order valence-corrected chi connectivity index (χ3v) is 5.76. The zero-order valence-electron chi connectivity index (χ0n) is 12.2. The minimum atomic E-state index is -3.39. The van der Waals surface area contributed by atoms with Crippen molar-refractivity contribution in [2.24, 2.45) is 0 Å². The lowest BCUT2D eigenvalue weighted by molar-refractivity contribution is 0.0599. The maximum Gasteiger partial charge on any atom is 0.339 e. The summed E-state index contributed by atoms with van der Waals surface area (Å²) < 4.78 is 29.5. The van der Waals surface area contributed by atoms with Gasteiger partial charge in [-0.1, -0.05) is 19.3 Å². The average Bonchev–Trinajstić information content (AvgIpc) is 2.46. The van der Waals surface area contributed by atoms with Crippen LogP contribution >= 0.6 is 15.9 Å². The Labute approximate surface area is 133 Å². The predicted octanol–water partition coefficient (Wildman–Crippen LogP) is 3.69. The number of methoxy groups -OCH3 is 1. The number of carbonyl (C=O) groups excluding carboxylic acids is 1. The van der Waals surface area contributed by atoms with Gasteiger partial charge in [0.05, 0.1) is 17.6 Å². The van der Waals surface area contributed by atoms with Gasteiger partial charge >= 0.3 is 5.97 Å². The van der Waals surface area contributed by atoms with Crippen molar-refractivity contribution in [1.29, 1.82) is 0 Å². The minimum absolute atomic E-state index is 0.242. The van der Waals surface area contributed by atoms with Gasteiger partial charge in [0, 0.05) is 10.7 Å². The monoisotopic (exact) mass is 374 g/mol. The molecule has 1 aromatic rings. The van der Waals surface area contributed by atoms with Gasteiger partial charge in [0.2, 0.25) is 0 Å². The summed E-state index contributed by atoms with van der Waals surface area (Å²) >= 11 is 3.36. The number of esters is 1. The highest BCUT2D eigenvalue weighted by Gasteiger charge is 2.26. The molecule has 1 saturated carbocycles. The van der Waals surface area contributed by atoms with E-state index < -0.39 is 15.8 Å². The van der Waals surface area contributed by atoms with Crippen molar-refractivity contribution in [1.82, 2.24) is 0 Å². The molecule has 4 nitrogen and oxygen atoms in total. The number of halogens is 1. The number of benzene rings is 1. The molecule has 0 aromatic heterocycles. The number of hydrogen-bond donors (Lipinski definition) is 0. The molecule has 0 aliphatic heterocycles. The summed E-state index contributed by atoms with van der Waals surface area (Å²) in [6.07, 6.45) is 6.60. The van der Waals surface area contributed by atoms with Crippen molar-refractivity contribution in [3.8, 4) is 0 Å². The summed E-state index contributed by atoms with van der Waals surface area (Å²) in [5.74, 6) is -0.298. The smallest absolute Gasteiger partial charge is 0.339 e. The van der Waals surface area contributed by atoms with Crippen molar-refractivity contribution < 1.29 is 17.9 Å². The van der Waals surface area contributed by atoms with Gasteiger partial charge in [-0.25, -0.2) is 13.2 Å². The molecule has 0 amide bonds. The third-order valence-electron chi connectivity index (χ3n) is 3.95. The van der Waals surface area contributed by atoms with Crippen molar-refractivity contribution in [2.75, 3.05) is 13.4 Å². The van der Waals surface area contributed by atoms with Crippen LogP contribution < -0.4 is 0 Å². The number of carbonyl (C=O) groups is 1. The van der Waals surface area contributed by atoms with Crippen molar-refractivity contribution in [2.45, 2.75) is 42.9 Å². The van der Waals surface area contributed by atoms with Gasteiger partial charge in [0.1, 0.15) is 0 Å². The van der Waals surface area contributed by atoms with Crippen molar-refractivity contribution in [3.05, 3.63) is 27.7 Å². The zero-order chi connectivity index (χ0) is 15.6. The summed E-state index contributed by atoms with van der Waals surface area (Å²) in [6, 6.07) is 3.22. The summed E-state index contributed by atoms with van der Waals surface area (Å²) in [5, 5.41) is 0. The van der Waals surface area contributed by atoms with Gasteiger partial charge < -0.3 is 4.74 Å². The maximum atomic E-state index is 12.1. The lowest BCUT2D eigenvalue weighted by Gasteiger charge is -2.24. The van der Waals surface area contributed by atoms with E-state index in [2.05, 4.69) is 15.9 Å². The van der Waals surface area contributed by atoms with Crippen LogP contribution in [-0.4, -0.2) is 27.8 Å². The molecule has 1 fully saturated rings. The van der Waals surface area contributed by atoms with E-state index in [0.717, 1.165) is 31.2 Å². The Balaban J connectivity index is 2.58. The highest BCUT2D eigenvalue weighted by atomic mass is 79.9. The molecule has 21 heavy (non-hydrogen) atoms. The minimum Gasteiger partial charge on any atom is -0.465 e. The van der Waals surface area contributed by atoms with Gasteiger partial charge in [0.15, 0.2) is 9.84 Å². The van der Waals surface area contributed by atoms with E-state index >= 15 is 0 Å². The highest BCUT2D eigenvalue weighted by molar-refractivity contribution is 9.10. The molecule has 2 rings (SSSR count). The van der Waals surface area contributed by atoms with Crippen molar-refractivity contribution in [3.63, 3.8) is 0 Å². The van der Waals surface area contributed by atoms with E-state index in [9.17, 15) is 13.2 Å². The molecule has 6 heteroatoms. The number of ether oxygens (including phenoxy) is 1. The van der Waals surface area contributed by atoms with E-state index in [1.54, 1.807) is 6.07 Å².